The van der Waals surface area contributed by atoms with Gasteiger partial charge in [-0.3, -0.25) is 15.6 Å². The molecule has 0 aromatic carbocycles. The van der Waals surface area contributed by atoms with Crippen LogP contribution in [0.3, 0.4) is 0 Å². The van der Waals surface area contributed by atoms with Gasteiger partial charge in [0.15, 0.2) is 0 Å². The van der Waals surface area contributed by atoms with Crippen LogP contribution in [0.25, 0.3) is 0 Å². The molecule has 29 heavy (non-hydrogen) atoms. The van der Waals surface area contributed by atoms with E-state index in [1.165, 1.54) is 7.11 Å². The number of fused-ring (bicyclic) bond motifs is 1. The maximum Gasteiger partial charge on any atom is 0.409 e. The van der Waals surface area contributed by atoms with Crippen LogP contribution in [0, 0.1) is 17.8 Å². The lowest BCUT2D eigenvalue weighted by Gasteiger charge is -2.43. The number of amides is 1. The van der Waals surface area contributed by atoms with E-state index in [9.17, 15) is 9.18 Å². The van der Waals surface area contributed by atoms with Crippen LogP contribution in [0.15, 0.2) is 0 Å². The number of halogens is 1. The summed E-state index contributed by atoms with van der Waals surface area (Å²) in [5.41, 5.74) is 6.56. The lowest BCUT2D eigenvalue weighted by molar-refractivity contribution is -0.106. The average Bonchev–Trinajstić information content (AvgIpc) is 3.34. The highest BCUT2D eigenvalue weighted by Crippen LogP contribution is 2.40. The Labute approximate surface area is 170 Å². The number of ether oxygens (including phenoxy) is 2. The van der Waals surface area contributed by atoms with Crippen molar-refractivity contribution in [1.29, 1.82) is 0 Å². The molecule has 0 aromatic heterocycles. The number of hydrogen-bond donors (Lipinski definition) is 3. The van der Waals surface area contributed by atoms with Crippen LogP contribution in [0.2, 0.25) is 0 Å². The van der Waals surface area contributed by atoms with Crippen molar-refractivity contribution in [3.63, 3.8) is 0 Å². The number of methoxy groups -OCH3 is 1. The van der Waals surface area contributed by atoms with Gasteiger partial charge < -0.3 is 14.4 Å². The van der Waals surface area contributed by atoms with E-state index in [0.717, 1.165) is 32.5 Å². The lowest BCUT2D eigenvalue weighted by Crippen LogP contribution is -2.57. The zero-order chi connectivity index (χ0) is 20.0. The number of carbonyl (C=O) groups excluding carboxylic acids is 1. The van der Waals surface area contributed by atoms with E-state index in [4.69, 9.17) is 14.3 Å². The summed E-state index contributed by atoms with van der Waals surface area (Å²) in [6, 6.07) is 0.560. The third kappa shape index (κ3) is 3.75. The van der Waals surface area contributed by atoms with Gasteiger partial charge in [-0.2, -0.15) is 5.48 Å². The zero-order valence-electron chi connectivity index (χ0n) is 16.9. The third-order valence-electron chi connectivity index (χ3n) is 7.45. The van der Waals surface area contributed by atoms with Crippen molar-refractivity contribution < 1.29 is 23.5 Å². The van der Waals surface area contributed by atoms with Crippen molar-refractivity contribution in [1.82, 2.24) is 26.1 Å². The zero-order valence-corrected chi connectivity index (χ0v) is 16.9. The first-order chi connectivity index (χ1) is 14.1. The van der Waals surface area contributed by atoms with Crippen LogP contribution in [-0.2, 0) is 14.3 Å². The van der Waals surface area contributed by atoms with Crippen LogP contribution >= 0.6 is 0 Å². The minimum atomic E-state index is -0.815. The van der Waals surface area contributed by atoms with Crippen molar-refractivity contribution >= 4 is 6.09 Å². The topological polar surface area (TPSA) is 87.3 Å². The number of likely N-dealkylation sites (tertiary alicyclic amines) is 1. The van der Waals surface area contributed by atoms with E-state index in [1.54, 1.807) is 4.90 Å². The second-order valence-corrected chi connectivity index (χ2v) is 9.03. The Morgan fingerprint density at radius 1 is 1.17 bits per heavy atom. The van der Waals surface area contributed by atoms with Gasteiger partial charge in [0.05, 0.1) is 32.5 Å². The van der Waals surface area contributed by atoms with Crippen molar-refractivity contribution in [2.75, 3.05) is 40.0 Å². The molecular formula is C19H32FN5O4. The maximum atomic E-state index is 15.0. The van der Waals surface area contributed by atoms with Gasteiger partial charge in [0.2, 0.25) is 0 Å². The summed E-state index contributed by atoms with van der Waals surface area (Å²) in [4.78, 5) is 19.3. The first kappa shape index (κ1) is 19.9. The number of hydrogen-bond acceptors (Lipinski definition) is 8. The minimum Gasteiger partial charge on any atom is -0.453 e. The van der Waals surface area contributed by atoms with E-state index < -0.39 is 6.17 Å². The summed E-state index contributed by atoms with van der Waals surface area (Å²) >= 11 is 0. The number of nitrogens with one attached hydrogen (secondary N) is 3. The molecule has 5 fully saturated rings. The average molecular weight is 413 g/mol. The molecule has 5 rings (SSSR count). The highest BCUT2D eigenvalue weighted by atomic mass is 19.1. The Kier molecular flexibility index (Phi) is 5.65. The Morgan fingerprint density at radius 3 is 2.66 bits per heavy atom. The van der Waals surface area contributed by atoms with Gasteiger partial charge in [0.25, 0.3) is 0 Å². The summed E-state index contributed by atoms with van der Waals surface area (Å²) in [5, 5.41) is 5.81. The fourth-order valence-corrected chi connectivity index (χ4v) is 5.63. The number of nitrogens with zero attached hydrogens (tertiary/aromatic N) is 2. The second-order valence-electron chi connectivity index (χ2n) is 9.03. The number of piperidine rings is 1. The summed E-state index contributed by atoms with van der Waals surface area (Å²) in [7, 11) is 1.42. The van der Waals surface area contributed by atoms with Gasteiger partial charge in [-0.1, -0.05) is 0 Å². The molecule has 1 saturated carbocycles. The summed E-state index contributed by atoms with van der Waals surface area (Å²) in [6.07, 6.45) is 2.00. The molecular weight excluding hydrogens is 381 g/mol. The fraction of sp³-hybridized carbons (Fsp3) is 0.947. The maximum absolute atomic E-state index is 15.0. The van der Waals surface area contributed by atoms with Gasteiger partial charge in [0, 0.05) is 37.5 Å². The monoisotopic (exact) mass is 413 g/mol. The number of hydrazine groups is 1. The summed E-state index contributed by atoms with van der Waals surface area (Å²) < 4.78 is 25.1. The lowest BCUT2D eigenvalue weighted by atomic mass is 9.76. The summed E-state index contributed by atoms with van der Waals surface area (Å²) in [6.45, 7) is 3.54. The second kappa shape index (κ2) is 8.24. The molecule has 0 bridgehead atoms. The van der Waals surface area contributed by atoms with Gasteiger partial charge in [-0.15, -0.1) is 0 Å². The number of carbonyl (C=O) groups is 1. The molecule has 0 radical (unpaired) electrons. The molecule has 164 valence electrons. The molecule has 4 aliphatic heterocycles. The molecule has 10 heteroatoms. The normalized spacial score (nSPS) is 41.9. The number of rotatable bonds is 3. The first-order valence-electron chi connectivity index (χ1n) is 10.9. The van der Waals surface area contributed by atoms with E-state index in [0.29, 0.717) is 38.0 Å². The molecule has 4 saturated heterocycles. The van der Waals surface area contributed by atoms with Crippen molar-refractivity contribution in [2.45, 2.75) is 56.3 Å². The molecule has 5 aliphatic rings. The quantitative estimate of drug-likeness (QED) is 0.605. The van der Waals surface area contributed by atoms with E-state index in [-0.39, 0.29) is 36.4 Å². The molecule has 1 aliphatic carbocycles. The van der Waals surface area contributed by atoms with Gasteiger partial charge in [-0.05, 0) is 31.6 Å². The fourth-order valence-electron chi connectivity index (χ4n) is 5.63. The van der Waals surface area contributed by atoms with Crippen LogP contribution < -0.4 is 16.2 Å². The molecule has 6 unspecified atom stereocenters. The van der Waals surface area contributed by atoms with Crippen LogP contribution in [0.1, 0.15) is 25.7 Å². The summed E-state index contributed by atoms with van der Waals surface area (Å²) in [5.74, 6) is 0.553. The number of hydroxylamine groups is 1. The number of alkyl halides is 1. The Morgan fingerprint density at radius 2 is 1.97 bits per heavy atom. The van der Waals surface area contributed by atoms with Gasteiger partial charge in [-0.25, -0.2) is 14.2 Å². The predicted octanol–water partition coefficient (Wildman–Crippen LogP) is 0.193. The highest BCUT2D eigenvalue weighted by Gasteiger charge is 2.50. The molecule has 4 heterocycles. The molecule has 9 nitrogen and oxygen atoms in total. The predicted molar refractivity (Wildman–Crippen MR) is 101 cm³/mol. The largest absolute Gasteiger partial charge is 0.453 e. The third-order valence-corrected chi connectivity index (χ3v) is 7.45. The van der Waals surface area contributed by atoms with Gasteiger partial charge in [0.1, 0.15) is 12.4 Å². The highest BCUT2D eigenvalue weighted by molar-refractivity contribution is 5.67. The van der Waals surface area contributed by atoms with Crippen molar-refractivity contribution in [2.24, 2.45) is 17.8 Å². The van der Waals surface area contributed by atoms with Crippen LogP contribution in [0.5, 0.6) is 0 Å². The van der Waals surface area contributed by atoms with Gasteiger partial charge >= 0.3 is 6.09 Å². The first-order valence-corrected chi connectivity index (χ1v) is 10.9. The Hall–Kier alpha value is -1.04. The van der Waals surface area contributed by atoms with Crippen LogP contribution in [0.4, 0.5) is 9.18 Å². The van der Waals surface area contributed by atoms with E-state index in [1.807, 2.05) is 0 Å². The molecule has 6 atom stereocenters. The molecule has 0 aromatic rings. The molecule has 3 N–H and O–H groups in total. The SMILES string of the molecule is COC(=O)N1CCC(C2NOC(C3CC(F)C4CNN(C5COC5)C4C3)N2)CC1. The van der Waals surface area contributed by atoms with Crippen molar-refractivity contribution in [3.05, 3.63) is 0 Å². The van der Waals surface area contributed by atoms with E-state index >= 15 is 0 Å². The Balaban J connectivity index is 1.16. The van der Waals surface area contributed by atoms with Crippen molar-refractivity contribution in [3.8, 4) is 0 Å². The molecule has 0 spiro atoms. The smallest absolute Gasteiger partial charge is 0.409 e. The molecule has 1 amide bonds. The van der Waals surface area contributed by atoms with E-state index in [2.05, 4.69) is 21.2 Å². The Bertz CT molecular complexity index is 603. The standard InChI is InChI=1S/C19H32FN5O4/c1-27-19(26)24-4-2-11(3-5-24)17-22-18(29-23-17)12-6-15(20)14-8-21-25(16(14)7-12)13-9-28-10-13/h11-18,21-23H,2-10H2,1H3. The van der Waals surface area contributed by atoms with Crippen LogP contribution in [-0.4, -0.2) is 86.6 Å². The minimum absolute atomic E-state index is 0.0356.